The highest BCUT2D eigenvalue weighted by Gasteiger charge is 2.26. The molecule has 6 heteroatoms. The minimum absolute atomic E-state index is 0.787. The van der Waals surface area contributed by atoms with Gasteiger partial charge in [0.2, 0.25) is 5.96 Å². The first-order valence-electron chi connectivity index (χ1n) is 8.08. The second kappa shape index (κ2) is 7.90. The summed E-state index contributed by atoms with van der Waals surface area (Å²) in [6.07, 6.45) is 6.72. The number of hydrogen-bond donors (Lipinski definition) is 2. The third kappa shape index (κ3) is 3.68. The molecule has 1 fully saturated rings. The lowest BCUT2D eigenvalue weighted by Gasteiger charge is -2.38. The van der Waals surface area contributed by atoms with Gasteiger partial charge < -0.3 is 20.5 Å². The molecule has 6 nitrogen and oxygen atoms in total. The molecule has 2 aliphatic heterocycles. The van der Waals surface area contributed by atoms with Crippen LogP contribution in [0.3, 0.4) is 0 Å². The average molecular weight is 292 g/mol. The lowest BCUT2D eigenvalue weighted by Crippen LogP contribution is -2.49. The van der Waals surface area contributed by atoms with Crippen LogP contribution in [0.5, 0.6) is 0 Å². The van der Waals surface area contributed by atoms with Crippen LogP contribution < -0.4 is 10.7 Å². The lowest BCUT2D eigenvalue weighted by molar-refractivity contribution is 0.301. The first kappa shape index (κ1) is 15.7. The van der Waals surface area contributed by atoms with Crippen LogP contribution >= 0.6 is 0 Å². The Morgan fingerprint density at radius 2 is 2.05 bits per heavy atom. The summed E-state index contributed by atoms with van der Waals surface area (Å²) in [5, 5.41) is 7.92. The second-order valence-electron chi connectivity index (χ2n) is 5.28. The average Bonchev–Trinajstić information content (AvgIpc) is 2.53. The molecule has 0 aromatic heterocycles. The van der Waals surface area contributed by atoms with Gasteiger partial charge in [-0.1, -0.05) is 6.92 Å². The fraction of sp³-hybridized carbons (Fsp3) is 0.733. The van der Waals surface area contributed by atoms with Crippen LogP contribution in [0, 0.1) is 0 Å². The zero-order valence-electron chi connectivity index (χ0n) is 13.5. The molecule has 0 aromatic rings. The van der Waals surface area contributed by atoms with Crippen LogP contribution in [0.4, 0.5) is 0 Å². The van der Waals surface area contributed by atoms with Gasteiger partial charge in [-0.25, -0.2) is 4.99 Å². The van der Waals surface area contributed by atoms with Gasteiger partial charge in [-0.2, -0.15) is 0 Å². The van der Waals surface area contributed by atoms with E-state index >= 15 is 0 Å². The lowest BCUT2D eigenvalue weighted by atomic mass is 10.1. The molecule has 0 spiro atoms. The van der Waals surface area contributed by atoms with E-state index in [1.54, 1.807) is 0 Å². The number of aliphatic imine (C=N–C) groups is 1. The summed E-state index contributed by atoms with van der Waals surface area (Å²) in [6.45, 7) is 8.11. The van der Waals surface area contributed by atoms with Crippen LogP contribution in [0.15, 0.2) is 21.6 Å². The Balaban J connectivity index is 2.26. The van der Waals surface area contributed by atoms with Crippen molar-refractivity contribution in [2.75, 3.05) is 33.2 Å². The van der Waals surface area contributed by atoms with E-state index in [1.807, 2.05) is 13.3 Å². The molecule has 2 aliphatic rings. The fourth-order valence-electron chi connectivity index (χ4n) is 2.90. The molecular formula is C15H28N6. The molecule has 0 aromatic carbocycles. The second-order valence-corrected chi connectivity index (χ2v) is 5.28. The number of nitrogens with one attached hydrogen (secondary N) is 2. The van der Waals surface area contributed by atoms with Gasteiger partial charge in [0.05, 0.1) is 12.2 Å². The van der Waals surface area contributed by atoms with E-state index < -0.39 is 0 Å². The van der Waals surface area contributed by atoms with Crippen molar-refractivity contribution in [1.29, 1.82) is 0 Å². The van der Waals surface area contributed by atoms with Crippen LogP contribution in [0.2, 0.25) is 0 Å². The van der Waals surface area contributed by atoms with Crippen molar-refractivity contribution in [2.24, 2.45) is 10.1 Å². The number of hydrazone groups is 1. The third-order valence-corrected chi connectivity index (χ3v) is 3.86. The van der Waals surface area contributed by atoms with Gasteiger partial charge >= 0.3 is 0 Å². The quantitative estimate of drug-likeness (QED) is 0.469. The van der Waals surface area contributed by atoms with Gasteiger partial charge in [0.1, 0.15) is 5.82 Å². The first-order chi connectivity index (χ1) is 10.3. The zero-order valence-corrected chi connectivity index (χ0v) is 13.5. The molecule has 0 bridgehead atoms. The third-order valence-electron chi connectivity index (χ3n) is 3.86. The molecule has 2 N–H and O–H groups in total. The number of guanidine groups is 1. The summed E-state index contributed by atoms with van der Waals surface area (Å²) in [5.74, 6) is 2.00. The van der Waals surface area contributed by atoms with Gasteiger partial charge in [-0.15, -0.1) is 5.10 Å². The van der Waals surface area contributed by atoms with Gasteiger partial charge in [-0.05, 0) is 32.6 Å². The highest BCUT2D eigenvalue weighted by Crippen LogP contribution is 2.20. The van der Waals surface area contributed by atoms with E-state index in [4.69, 9.17) is 0 Å². The molecule has 0 atom stereocenters. The zero-order chi connectivity index (χ0) is 15.1. The standard InChI is InChI=1S/C15H28N6/c1-4-13-14(17-5-2)18-9-12-21(13)15(19-16-3)20-10-7-6-8-11-20/h9,16-17H,4-8,10-12H2,1-3H3/b19-15-. The highest BCUT2D eigenvalue weighted by atomic mass is 15.5. The number of piperidine rings is 1. The topological polar surface area (TPSA) is 55.3 Å². The Labute approximate surface area is 128 Å². The molecule has 0 unspecified atom stereocenters. The van der Waals surface area contributed by atoms with Crippen LogP contribution in [-0.2, 0) is 0 Å². The predicted molar refractivity (Wildman–Crippen MR) is 88.1 cm³/mol. The van der Waals surface area contributed by atoms with Crippen LogP contribution in [0.1, 0.15) is 39.5 Å². The van der Waals surface area contributed by atoms with Gasteiger partial charge in [-0.3, -0.25) is 0 Å². The summed E-state index contributed by atoms with van der Waals surface area (Å²) in [4.78, 5) is 9.19. The predicted octanol–water partition coefficient (Wildman–Crippen LogP) is 1.54. The highest BCUT2D eigenvalue weighted by molar-refractivity contribution is 5.85. The Morgan fingerprint density at radius 1 is 1.29 bits per heavy atom. The van der Waals surface area contributed by atoms with E-state index in [2.05, 4.69) is 44.5 Å². The van der Waals surface area contributed by atoms with E-state index in [0.29, 0.717) is 0 Å². The van der Waals surface area contributed by atoms with E-state index in [-0.39, 0.29) is 0 Å². The molecule has 0 radical (unpaired) electrons. The molecule has 118 valence electrons. The molecule has 2 rings (SSSR count). The number of likely N-dealkylation sites (tertiary alicyclic amines) is 1. The van der Waals surface area contributed by atoms with Crippen molar-refractivity contribution in [3.8, 4) is 0 Å². The minimum atomic E-state index is 0.787. The molecule has 0 aliphatic carbocycles. The fourth-order valence-corrected chi connectivity index (χ4v) is 2.90. The van der Waals surface area contributed by atoms with Crippen molar-refractivity contribution in [3.63, 3.8) is 0 Å². The molecule has 0 amide bonds. The first-order valence-corrected chi connectivity index (χ1v) is 8.08. The van der Waals surface area contributed by atoms with E-state index in [1.165, 1.54) is 25.0 Å². The van der Waals surface area contributed by atoms with Crippen molar-refractivity contribution < 1.29 is 0 Å². The Hall–Kier alpha value is -1.72. The van der Waals surface area contributed by atoms with Gasteiger partial charge in [0.25, 0.3) is 0 Å². The maximum Gasteiger partial charge on any atom is 0.223 e. The monoisotopic (exact) mass is 292 g/mol. The van der Waals surface area contributed by atoms with Crippen molar-refractivity contribution in [3.05, 3.63) is 11.5 Å². The van der Waals surface area contributed by atoms with E-state index in [0.717, 1.165) is 44.4 Å². The summed E-state index contributed by atoms with van der Waals surface area (Å²) >= 11 is 0. The summed E-state index contributed by atoms with van der Waals surface area (Å²) in [5.41, 5.74) is 4.19. The number of hydrogen-bond acceptors (Lipinski definition) is 4. The summed E-state index contributed by atoms with van der Waals surface area (Å²) in [7, 11) is 1.86. The Kier molecular flexibility index (Phi) is 5.90. The van der Waals surface area contributed by atoms with Crippen LogP contribution in [-0.4, -0.2) is 55.2 Å². The SMILES string of the molecule is CCNC1=C(CC)N(/C(=N\NC)N2CCCCC2)CC=N1. The van der Waals surface area contributed by atoms with Gasteiger partial charge in [0.15, 0.2) is 0 Å². The molecule has 2 heterocycles. The summed E-state index contributed by atoms with van der Waals surface area (Å²) < 4.78 is 0. The van der Waals surface area contributed by atoms with Crippen molar-refractivity contribution >= 4 is 12.2 Å². The largest absolute Gasteiger partial charge is 0.369 e. The maximum absolute atomic E-state index is 4.56. The summed E-state index contributed by atoms with van der Waals surface area (Å²) in [6, 6.07) is 0. The number of rotatable bonds is 4. The smallest absolute Gasteiger partial charge is 0.223 e. The normalized spacial score (nSPS) is 20.0. The van der Waals surface area contributed by atoms with Gasteiger partial charge in [0, 0.05) is 32.9 Å². The number of allylic oxidation sites excluding steroid dienone is 1. The molecule has 1 saturated heterocycles. The van der Waals surface area contributed by atoms with Crippen molar-refractivity contribution in [1.82, 2.24) is 20.5 Å². The number of nitrogens with zero attached hydrogens (tertiary/aromatic N) is 4. The van der Waals surface area contributed by atoms with Crippen LogP contribution in [0.25, 0.3) is 0 Å². The Morgan fingerprint density at radius 3 is 2.67 bits per heavy atom. The maximum atomic E-state index is 4.56. The van der Waals surface area contributed by atoms with E-state index in [9.17, 15) is 0 Å². The minimum Gasteiger partial charge on any atom is -0.369 e. The van der Waals surface area contributed by atoms with Crippen molar-refractivity contribution in [2.45, 2.75) is 39.5 Å². The molecular weight excluding hydrogens is 264 g/mol. The molecule has 21 heavy (non-hydrogen) atoms. The molecule has 0 saturated carbocycles. The Bertz CT molecular complexity index is 420.